The molecule has 2 rings (SSSR count). The summed E-state index contributed by atoms with van der Waals surface area (Å²) in [7, 11) is 1.30. The summed E-state index contributed by atoms with van der Waals surface area (Å²) in [6.07, 6.45) is 1.50. The van der Waals surface area contributed by atoms with Gasteiger partial charge in [0.05, 0.1) is 36.2 Å². The second-order valence-electron chi connectivity index (χ2n) is 4.97. The van der Waals surface area contributed by atoms with Crippen LogP contribution >= 0.6 is 11.8 Å². The van der Waals surface area contributed by atoms with Crippen molar-refractivity contribution in [3.05, 3.63) is 35.4 Å². The molecule has 2 atom stereocenters. The fourth-order valence-corrected chi connectivity index (χ4v) is 3.47. The number of aliphatic imine (C=N–C) groups is 1. The number of Topliss-reactive ketones (excluding diaryl/α,β-unsaturated/α-hetero) is 1. The minimum absolute atomic E-state index is 0.0566. The van der Waals surface area contributed by atoms with Gasteiger partial charge in [0, 0.05) is 11.3 Å². The first-order valence-corrected chi connectivity index (χ1v) is 7.91. The number of thioether (sulfide) groups is 1. The molecule has 1 aliphatic heterocycles. The molecule has 0 amide bonds. The van der Waals surface area contributed by atoms with Crippen molar-refractivity contribution in [2.75, 3.05) is 12.9 Å². The summed E-state index contributed by atoms with van der Waals surface area (Å²) >= 11 is 1.15. The average Bonchev–Trinajstić information content (AvgIpc) is 3.05. The Morgan fingerprint density at radius 3 is 2.78 bits per heavy atom. The van der Waals surface area contributed by atoms with Crippen LogP contribution in [-0.4, -0.2) is 29.7 Å². The molecule has 0 fully saturated rings. The van der Waals surface area contributed by atoms with E-state index in [-0.39, 0.29) is 11.5 Å². The van der Waals surface area contributed by atoms with Crippen molar-refractivity contribution in [2.45, 2.75) is 19.8 Å². The fourth-order valence-electron chi connectivity index (χ4n) is 2.52. The van der Waals surface area contributed by atoms with Gasteiger partial charge in [-0.25, -0.2) is 4.99 Å². The maximum atomic E-state index is 12.0. The van der Waals surface area contributed by atoms with Crippen LogP contribution in [0.15, 0.2) is 39.1 Å². The van der Waals surface area contributed by atoms with E-state index < -0.39 is 17.8 Å². The van der Waals surface area contributed by atoms with E-state index >= 15 is 0 Å². The molecule has 0 N–H and O–H groups in total. The van der Waals surface area contributed by atoms with Gasteiger partial charge in [0.2, 0.25) is 0 Å². The number of furan rings is 1. The molecule has 0 aliphatic carbocycles. The van der Waals surface area contributed by atoms with Crippen LogP contribution in [0.1, 0.15) is 25.5 Å². The van der Waals surface area contributed by atoms with Crippen molar-refractivity contribution in [3.63, 3.8) is 0 Å². The number of carbonyl (C=O) groups excluding carboxylic acids is 2. The highest BCUT2D eigenvalue weighted by molar-refractivity contribution is 8.14. The number of methoxy groups -OCH3 is 1. The first kappa shape index (κ1) is 17.0. The zero-order valence-electron chi connectivity index (χ0n) is 13.0. The Hall–Kier alpha value is -2.33. The fraction of sp³-hybridized carbons (Fsp3) is 0.375. The predicted molar refractivity (Wildman–Crippen MR) is 85.8 cm³/mol. The molecule has 1 aromatic rings. The van der Waals surface area contributed by atoms with Crippen molar-refractivity contribution < 1.29 is 18.7 Å². The Morgan fingerprint density at radius 1 is 1.52 bits per heavy atom. The number of hydrogen-bond acceptors (Lipinski definition) is 7. The molecule has 2 unspecified atom stereocenters. The smallest absolute Gasteiger partial charge is 0.316 e. The Labute approximate surface area is 138 Å². The lowest BCUT2D eigenvalue weighted by atomic mass is 9.80. The minimum atomic E-state index is -0.682. The highest BCUT2D eigenvalue weighted by Gasteiger charge is 2.39. The second-order valence-corrected chi connectivity index (χ2v) is 5.97. The number of allylic oxidation sites excluding steroid dienone is 2. The molecule has 6 nitrogen and oxygen atoms in total. The number of ketones is 1. The first-order chi connectivity index (χ1) is 11.0. The van der Waals surface area contributed by atoms with Crippen LogP contribution in [0.3, 0.4) is 0 Å². The number of ether oxygens (including phenoxy) is 1. The Bertz CT molecular complexity index is 713. The summed E-state index contributed by atoms with van der Waals surface area (Å²) in [5.41, 5.74) is 1.01. The van der Waals surface area contributed by atoms with Crippen LogP contribution in [0.5, 0.6) is 0 Å². The quantitative estimate of drug-likeness (QED) is 0.787. The van der Waals surface area contributed by atoms with Crippen molar-refractivity contribution in [1.29, 1.82) is 5.26 Å². The predicted octanol–water partition coefficient (Wildman–Crippen LogP) is 2.68. The third-order valence-electron chi connectivity index (χ3n) is 3.51. The van der Waals surface area contributed by atoms with Gasteiger partial charge >= 0.3 is 5.97 Å². The van der Waals surface area contributed by atoms with E-state index in [0.29, 0.717) is 22.1 Å². The van der Waals surface area contributed by atoms with Crippen molar-refractivity contribution in [3.8, 4) is 6.07 Å². The van der Waals surface area contributed by atoms with E-state index in [1.807, 2.05) is 0 Å². The van der Waals surface area contributed by atoms with Gasteiger partial charge in [-0.05, 0) is 26.0 Å². The number of rotatable bonds is 4. The lowest BCUT2D eigenvalue weighted by Crippen LogP contribution is -2.28. The van der Waals surface area contributed by atoms with Gasteiger partial charge in [0.25, 0.3) is 0 Å². The second kappa shape index (κ2) is 7.29. The highest BCUT2D eigenvalue weighted by atomic mass is 32.2. The van der Waals surface area contributed by atoms with Crippen molar-refractivity contribution >= 4 is 28.6 Å². The normalized spacial score (nSPS) is 20.7. The van der Waals surface area contributed by atoms with Gasteiger partial charge in [-0.2, -0.15) is 5.26 Å². The maximum absolute atomic E-state index is 12.0. The lowest BCUT2D eigenvalue weighted by Gasteiger charge is -2.27. The number of nitriles is 1. The maximum Gasteiger partial charge on any atom is 0.316 e. The van der Waals surface area contributed by atoms with E-state index in [1.54, 1.807) is 19.1 Å². The van der Waals surface area contributed by atoms with Gasteiger partial charge in [-0.3, -0.25) is 9.59 Å². The lowest BCUT2D eigenvalue weighted by molar-refractivity contribution is -0.137. The average molecular weight is 332 g/mol. The van der Waals surface area contributed by atoms with Gasteiger partial charge < -0.3 is 9.15 Å². The molecular formula is C16H16N2O4S. The molecule has 0 bridgehead atoms. The topological polar surface area (TPSA) is 92.7 Å². The molecule has 0 radical (unpaired) electrons. The zero-order chi connectivity index (χ0) is 17.0. The van der Waals surface area contributed by atoms with E-state index in [4.69, 9.17) is 4.42 Å². The van der Waals surface area contributed by atoms with Crippen LogP contribution < -0.4 is 0 Å². The van der Waals surface area contributed by atoms with Crippen LogP contribution in [0, 0.1) is 17.2 Å². The van der Waals surface area contributed by atoms with Crippen LogP contribution in [0.4, 0.5) is 0 Å². The summed E-state index contributed by atoms with van der Waals surface area (Å²) in [4.78, 5) is 27.8. The SMILES string of the molecule is COC(=O)CSC1=NC(C)=C(C(C)=O)C(c2ccco2)C1C#N. The van der Waals surface area contributed by atoms with E-state index in [0.717, 1.165) is 11.8 Å². The standard InChI is InChI=1S/C16H16N2O4S/c1-9-14(10(2)19)15(12-5-4-6-22-12)11(7-17)16(18-9)23-8-13(20)21-3/h4-6,11,15H,8H2,1-3H3. The molecule has 1 aromatic heterocycles. The molecule has 0 saturated carbocycles. The zero-order valence-corrected chi connectivity index (χ0v) is 13.8. The largest absolute Gasteiger partial charge is 0.469 e. The van der Waals surface area contributed by atoms with E-state index in [1.165, 1.54) is 20.3 Å². The highest BCUT2D eigenvalue weighted by Crippen LogP contribution is 2.41. The summed E-state index contributed by atoms with van der Waals surface area (Å²) < 4.78 is 10.0. The van der Waals surface area contributed by atoms with Crippen LogP contribution in [0.2, 0.25) is 0 Å². The van der Waals surface area contributed by atoms with Gasteiger partial charge in [0.1, 0.15) is 11.7 Å². The van der Waals surface area contributed by atoms with Crippen molar-refractivity contribution in [2.24, 2.45) is 10.9 Å². The van der Waals surface area contributed by atoms with Gasteiger partial charge in [0.15, 0.2) is 5.78 Å². The molecule has 7 heteroatoms. The molecule has 1 aliphatic rings. The first-order valence-electron chi connectivity index (χ1n) is 6.92. The Morgan fingerprint density at radius 2 is 2.26 bits per heavy atom. The third-order valence-corrected chi connectivity index (χ3v) is 4.53. The molecule has 120 valence electrons. The number of hydrogen-bond donors (Lipinski definition) is 0. The van der Waals surface area contributed by atoms with Gasteiger partial charge in [-0.1, -0.05) is 11.8 Å². The molecule has 2 heterocycles. The summed E-state index contributed by atoms with van der Waals surface area (Å²) in [6.45, 7) is 3.17. The summed E-state index contributed by atoms with van der Waals surface area (Å²) in [5.74, 6) is -1.16. The molecule has 23 heavy (non-hydrogen) atoms. The number of nitrogens with zero attached hydrogens (tertiary/aromatic N) is 2. The van der Waals surface area contributed by atoms with Gasteiger partial charge in [-0.15, -0.1) is 0 Å². The van der Waals surface area contributed by atoms with Crippen LogP contribution in [0.25, 0.3) is 0 Å². The van der Waals surface area contributed by atoms with Crippen molar-refractivity contribution in [1.82, 2.24) is 0 Å². The number of carbonyl (C=O) groups is 2. The third kappa shape index (κ3) is 3.54. The number of esters is 1. The molecular weight excluding hydrogens is 316 g/mol. The molecule has 0 aromatic carbocycles. The van der Waals surface area contributed by atoms with E-state index in [2.05, 4.69) is 15.8 Å². The molecule has 0 spiro atoms. The minimum Gasteiger partial charge on any atom is -0.469 e. The summed E-state index contributed by atoms with van der Waals surface area (Å²) in [5, 5.41) is 10.1. The summed E-state index contributed by atoms with van der Waals surface area (Å²) in [6, 6.07) is 5.64. The Kier molecular flexibility index (Phi) is 5.40. The monoisotopic (exact) mass is 332 g/mol. The molecule has 0 saturated heterocycles. The van der Waals surface area contributed by atoms with Crippen LogP contribution in [-0.2, 0) is 14.3 Å². The van der Waals surface area contributed by atoms with E-state index in [9.17, 15) is 14.9 Å². The Balaban J connectivity index is 2.44.